The molecule has 1 atom stereocenters. The van der Waals surface area contributed by atoms with E-state index in [4.69, 9.17) is 0 Å². The molecular weight excluding hydrogens is 120 g/mol. The highest BCUT2D eigenvalue weighted by atomic mass is 14.3. The lowest BCUT2D eigenvalue weighted by Gasteiger charge is -1.99. The molecule has 0 saturated carbocycles. The summed E-state index contributed by atoms with van der Waals surface area (Å²) in [7, 11) is 0. The van der Waals surface area contributed by atoms with Crippen molar-refractivity contribution in [3.63, 3.8) is 0 Å². The van der Waals surface area contributed by atoms with Crippen LogP contribution in [0.3, 0.4) is 0 Å². The summed E-state index contributed by atoms with van der Waals surface area (Å²) in [6.07, 6.45) is 2.43. The molecule has 1 aliphatic rings. The fourth-order valence-corrected chi connectivity index (χ4v) is 1.49. The molecule has 0 aromatic rings. The molecule has 0 N–H and O–H groups in total. The Kier molecular flexibility index (Phi) is 1.98. The third-order valence-corrected chi connectivity index (χ3v) is 2.41. The highest BCUT2D eigenvalue weighted by molar-refractivity contribution is 5.65. The van der Waals surface area contributed by atoms with Crippen molar-refractivity contribution >= 4 is 0 Å². The van der Waals surface area contributed by atoms with Crippen LogP contribution in [0.2, 0.25) is 0 Å². The van der Waals surface area contributed by atoms with Crippen molar-refractivity contribution in [1.82, 2.24) is 0 Å². The lowest BCUT2D eigenvalue weighted by atomic mass is 10.1. The predicted octanol–water partition coefficient (Wildman–Crippen LogP) is 3.31. The van der Waals surface area contributed by atoms with E-state index in [9.17, 15) is 0 Å². The lowest BCUT2D eigenvalue weighted by Crippen LogP contribution is -1.86. The molecule has 1 aliphatic carbocycles. The topological polar surface area (TPSA) is 0 Å². The van der Waals surface area contributed by atoms with Crippen molar-refractivity contribution in [2.75, 3.05) is 0 Å². The third-order valence-electron chi connectivity index (χ3n) is 2.41. The van der Waals surface area contributed by atoms with Crippen LogP contribution in [0.5, 0.6) is 0 Å². The third kappa shape index (κ3) is 1.03. The Bertz CT molecular complexity index is 184. The van der Waals surface area contributed by atoms with Crippen LogP contribution in [0.25, 0.3) is 0 Å². The Balaban J connectivity index is 2.59. The van der Waals surface area contributed by atoms with E-state index in [1.54, 1.807) is 5.57 Å². The maximum absolute atomic E-state index is 4.00. The van der Waals surface area contributed by atoms with Crippen LogP contribution in [-0.4, -0.2) is 0 Å². The first-order chi connectivity index (χ1) is 4.72. The van der Waals surface area contributed by atoms with Crippen LogP contribution in [-0.2, 0) is 0 Å². The molecule has 0 saturated heterocycles. The molecule has 0 aromatic heterocycles. The van der Waals surface area contributed by atoms with Crippen LogP contribution >= 0.6 is 0 Å². The highest BCUT2D eigenvalue weighted by Crippen LogP contribution is 2.45. The van der Waals surface area contributed by atoms with Crippen molar-refractivity contribution in [2.45, 2.75) is 33.6 Å². The van der Waals surface area contributed by atoms with Gasteiger partial charge in [0, 0.05) is 0 Å². The molecule has 56 valence electrons. The van der Waals surface area contributed by atoms with Gasteiger partial charge in [0.2, 0.25) is 0 Å². The van der Waals surface area contributed by atoms with E-state index >= 15 is 0 Å². The first-order valence-corrected chi connectivity index (χ1v) is 4.15. The fraction of sp³-hybridized carbons (Fsp3) is 0.600. The van der Waals surface area contributed by atoms with Crippen LogP contribution < -0.4 is 0 Å². The molecule has 0 fully saturated rings. The average Bonchev–Trinajstić information content (AvgIpc) is 2.59. The smallest absolute Gasteiger partial charge is 0.0184 e. The first-order valence-electron chi connectivity index (χ1n) is 4.15. The van der Waals surface area contributed by atoms with Crippen molar-refractivity contribution in [2.24, 2.45) is 5.92 Å². The molecule has 10 heavy (non-hydrogen) atoms. The molecule has 0 radical (unpaired) electrons. The number of hydrogen-bond donors (Lipinski definition) is 0. The molecule has 0 spiro atoms. The van der Waals surface area contributed by atoms with Crippen molar-refractivity contribution < 1.29 is 0 Å². The normalized spacial score (nSPS) is 19.7. The van der Waals surface area contributed by atoms with Crippen LogP contribution in [0.4, 0.5) is 0 Å². The predicted molar refractivity (Wildman–Crippen MR) is 45.9 cm³/mol. The molecule has 0 amide bonds. The minimum absolute atomic E-state index is 0.752. The molecule has 0 aromatic carbocycles. The van der Waals surface area contributed by atoms with Crippen LogP contribution in [0.1, 0.15) is 33.6 Å². The summed E-state index contributed by atoms with van der Waals surface area (Å²) in [5.74, 6) is 0.752. The molecule has 0 nitrogen and oxygen atoms in total. The van der Waals surface area contributed by atoms with E-state index in [0.29, 0.717) is 0 Å². The SMILES string of the molecule is C=C1C(CC)=C1C(C)CC. The zero-order valence-electron chi connectivity index (χ0n) is 7.20. The summed E-state index contributed by atoms with van der Waals surface area (Å²) < 4.78 is 0. The summed E-state index contributed by atoms with van der Waals surface area (Å²) in [5.41, 5.74) is 4.44. The zero-order valence-corrected chi connectivity index (χ0v) is 7.20. The van der Waals surface area contributed by atoms with Gasteiger partial charge in [0.15, 0.2) is 0 Å². The van der Waals surface area contributed by atoms with E-state index < -0.39 is 0 Å². The van der Waals surface area contributed by atoms with Crippen LogP contribution in [0.15, 0.2) is 23.3 Å². The standard InChI is InChI=1S/C10H16/c1-5-7(3)10-8(4)9(10)6-2/h7H,4-6H2,1-3H3. The van der Waals surface area contributed by atoms with Gasteiger partial charge in [-0.15, -0.1) is 0 Å². The fourth-order valence-electron chi connectivity index (χ4n) is 1.49. The minimum Gasteiger partial charge on any atom is -0.0912 e. The van der Waals surface area contributed by atoms with E-state index in [-0.39, 0.29) is 0 Å². The Morgan fingerprint density at radius 3 is 2.30 bits per heavy atom. The maximum Gasteiger partial charge on any atom is -0.0184 e. The van der Waals surface area contributed by atoms with Gasteiger partial charge < -0.3 is 0 Å². The molecular formula is C10H16. The van der Waals surface area contributed by atoms with Gasteiger partial charge in [0.05, 0.1) is 0 Å². The largest absolute Gasteiger partial charge is 0.0912 e. The monoisotopic (exact) mass is 136 g/mol. The molecule has 0 aliphatic heterocycles. The Morgan fingerprint density at radius 1 is 1.40 bits per heavy atom. The van der Waals surface area contributed by atoms with Crippen molar-refractivity contribution in [1.29, 1.82) is 0 Å². The van der Waals surface area contributed by atoms with Gasteiger partial charge in [-0.1, -0.05) is 27.4 Å². The highest BCUT2D eigenvalue weighted by Gasteiger charge is 2.28. The molecule has 1 unspecified atom stereocenters. The molecule has 0 heteroatoms. The van der Waals surface area contributed by atoms with Gasteiger partial charge in [-0.25, -0.2) is 0 Å². The second-order valence-corrected chi connectivity index (χ2v) is 3.03. The summed E-state index contributed by atoms with van der Waals surface area (Å²) in [6.45, 7) is 10.7. The Labute approximate surface area is 63.6 Å². The summed E-state index contributed by atoms with van der Waals surface area (Å²) in [4.78, 5) is 0. The Morgan fingerprint density at radius 2 is 2.00 bits per heavy atom. The van der Waals surface area contributed by atoms with Crippen molar-refractivity contribution in [3.05, 3.63) is 23.3 Å². The van der Waals surface area contributed by atoms with Gasteiger partial charge in [0.25, 0.3) is 0 Å². The van der Waals surface area contributed by atoms with Gasteiger partial charge in [0.1, 0.15) is 0 Å². The molecule has 1 rings (SSSR count). The summed E-state index contributed by atoms with van der Waals surface area (Å²) in [5, 5.41) is 0. The second-order valence-electron chi connectivity index (χ2n) is 3.03. The van der Waals surface area contributed by atoms with Gasteiger partial charge in [-0.3, -0.25) is 0 Å². The minimum atomic E-state index is 0.752. The van der Waals surface area contributed by atoms with E-state index in [2.05, 4.69) is 27.4 Å². The van der Waals surface area contributed by atoms with Gasteiger partial charge in [-0.05, 0) is 35.5 Å². The summed E-state index contributed by atoms with van der Waals surface area (Å²) in [6, 6.07) is 0. The second kappa shape index (κ2) is 2.61. The molecule has 0 bridgehead atoms. The lowest BCUT2D eigenvalue weighted by molar-refractivity contribution is 0.682. The van der Waals surface area contributed by atoms with Gasteiger partial charge >= 0.3 is 0 Å². The maximum atomic E-state index is 4.00. The first kappa shape index (κ1) is 7.59. The number of allylic oxidation sites excluding steroid dienone is 3. The summed E-state index contributed by atoms with van der Waals surface area (Å²) >= 11 is 0. The number of hydrogen-bond acceptors (Lipinski definition) is 0. The quantitative estimate of drug-likeness (QED) is 0.558. The molecule has 0 heterocycles. The number of rotatable bonds is 3. The van der Waals surface area contributed by atoms with Crippen LogP contribution in [0, 0.1) is 5.92 Å². The Hall–Kier alpha value is -0.520. The average molecular weight is 136 g/mol. The zero-order chi connectivity index (χ0) is 7.72. The van der Waals surface area contributed by atoms with E-state index in [1.165, 1.54) is 24.0 Å². The van der Waals surface area contributed by atoms with Gasteiger partial charge in [-0.2, -0.15) is 0 Å². The van der Waals surface area contributed by atoms with E-state index in [1.807, 2.05) is 0 Å². The van der Waals surface area contributed by atoms with E-state index in [0.717, 1.165) is 5.92 Å². The van der Waals surface area contributed by atoms with Crippen molar-refractivity contribution in [3.8, 4) is 0 Å².